The van der Waals surface area contributed by atoms with Crippen LogP contribution in [0.2, 0.25) is 0 Å². The van der Waals surface area contributed by atoms with Crippen LogP contribution >= 0.6 is 0 Å². The van der Waals surface area contributed by atoms with E-state index in [1.54, 1.807) is 36.4 Å². The van der Waals surface area contributed by atoms with Crippen molar-refractivity contribution < 1.29 is 43.4 Å². The molecular formula is C21H22O9. The molecule has 0 bridgehead atoms. The molecule has 0 saturated heterocycles. The molecule has 0 radical (unpaired) electrons. The molecule has 0 aliphatic heterocycles. The van der Waals surface area contributed by atoms with Crippen LogP contribution in [0.25, 0.3) is 0 Å². The molecule has 0 amide bonds. The highest BCUT2D eigenvalue weighted by atomic mass is 17.2. The summed E-state index contributed by atoms with van der Waals surface area (Å²) in [5.41, 5.74) is 2.30. The van der Waals surface area contributed by atoms with Crippen molar-refractivity contribution >= 4 is 18.1 Å². The summed E-state index contributed by atoms with van der Waals surface area (Å²) >= 11 is 0. The van der Waals surface area contributed by atoms with Crippen LogP contribution < -0.4 is 0 Å². The third-order valence-corrected chi connectivity index (χ3v) is 3.55. The highest BCUT2D eigenvalue weighted by molar-refractivity contribution is 5.89. The number of rotatable bonds is 8. The number of benzene rings is 2. The van der Waals surface area contributed by atoms with Gasteiger partial charge in [0.25, 0.3) is 0 Å². The summed E-state index contributed by atoms with van der Waals surface area (Å²) in [6.07, 6.45) is -3.70. The molecular weight excluding hydrogens is 396 g/mol. The van der Waals surface area contributed by atoms with Crippen molar-refractivity contribution in [1.82, 2.24) is 0 Å². The van der Waals surface area contributed by atoms with Crippen LogP contribution in [0.3, 0.4) is 0 Å². The van der Waals surface area contributed by atoms with Crippen LogP contribution in [0.15, 0.2) is 48.5 Å². The minimum atomic E-state index is -1.26. The quantitative estimate of drug-likeness (QED) is 0.272. The van der Waals surface area contributed by atoms with Crippen molar-refractivity contribution in [3.8, 4) is 0 Å². The summed E-state index contributed by atoms with van der Waals surface area (Å²) in [5.74, 6) is -1.50. The number of aryl methyl sites for hydroxylation is 2. The van der Waals surface area contributed by atoms with Crippen LogP contribution in [-0.2, 0) is 29.0 Å². The first-order valence-electron chi connectivity index (χ1n) is 9.00. The standard InChI is InChI=1S/C21H22O9/c1-13-7-5-9-17(11-13)19(22)29-27-15(3)25-21(24)26-16(4)28-30-20(23)18-10-6-8-14(2)12-18/h5-12,15-16H,1-4H3. The van der Waals surface area contributed by atoms with Crippen LogP contribution in [0.1, 0.15) is 45.7 Å². The zero-order valence-corrected chi connectivity index (χ0v) is 16.9. The van der Waals surface area contributed by atoms with Crippen molar-refractivity contribution in [2.45, 2.75) is 40.3 Å². The van der Waals surface area contributed by atoms with Gasteiger partial charge in [0.05, 0.1) is 11.1 Å². The molecule has 2 aromatic carbocycles. The molecule has 2 aromatic rings. The Hall–Kier alpha value is -3.43. The molecule has 2 atom stereocenters. The van der Waals surface area contributed by atoms with E-state index in [1.807, 2.05) is 26.0 Å². The highest BCUT2D eigenvalue weighted by Gasteiger charge is 2.20. The van der Waals surface area contributed by atoms with Gasteiger partial charge in [-0.25, -0.2) is 14.4 Å². The highest BCUT2D eigenvalue weighted by Crippen LogP contribution is 2.09. The fraction of sp³-hybridized carbons (Fsp3) is 0.286. The first-order chi connectivity index (χ1) is 14.2. The van der Waals surface area contributed by atoms with E-state index in [0.717, 1.165) is 11.1 Å². The van der Waals surface area contributed by atoms with Crippen LogP contribution in [0.4, 0.5) is 4.79 Å². The van der Waals surface area contributed by atoms with Gasteiger partial charge >= 0.3 is 18.1 Å². The fourth-order valence-corrected chi connectivity index (χ4v) is 2.20. The van der Waals surface area contributed by atoms with Gasteiger partial charge in [0.2, 0.25) is 12.6 Å². The Balaban J connectivity index is 1.69. The zero-order valence-electron chi connectivity index (χ0n) is 16.9. The normalized spacial score (nSPS) is 12.4. The molecule has 9 heteroatoms. The lowest BCUT2D eigenvalue weighted by molar-refractivity contribution is -0.340. The van der Waals surface area contributed by atoms with Crippen molar-refractivity contribution in [1.29, 1.82) is 0 Å². The summed E-state index contributed by atoms with van der Waals surface area (Å²) in [6, 6.07) is 13.4. The molecule has 0 spiro atoms. The zero-order chi connectivity index (χ0) is 22.1. The topological polar surface area (TPSA) is 107 Å². The number of ether oxygens (including phenoxy) is 2. The average Bonchev–Trinajstić information content (AvgIpc) is 2.70. The molecule has 0 aliphatic carbocycles. The van der Waals surface area contributed by atoms with Crippen molar-refractivity contribution in [3.63, 3.8) is 0 Å². The fourth-order valence-electron chi connectivity index (χ4n) is 2.20. The first-order valence-corrected chi connectivity index (χ1v) is 9.00. The Labute approximate surface area is 173 Å². The monoisotopic (exact) mass is 418 g/mol. The summed E-state index contributed by atoms with van der Waals surface area (Å²) in [7, 11) is 0. The lowest BCUT2D eigenvalue weighted by Crippen LogP contribution is -2.25. The number of hydrogen-bond acceptors (Lipinski definition) is 9. The SMILES string of the molecule is Cc1cccc(C(=O)OOC(C)OC(=O)OC(C)OOC(=O)c2cccc(C)c2)c1. The van der Waals surface area contributed by atoms with Gasteiger partial charge in [-0.3, -0.25) is 9.78 Å². The van der Waals surface area contributed by atoms with Crippen LogP contribution in [0.5, 0.6) is 0 Å². The molecule has 9 nitrogen and oxygen atoms in total. The van der Waals surface area contributed by atoms with Crippen LogP contribution in [0, 0.1) is 13.8 Å². The summed E-state index contributed by atoms with van der Waals surface area (Å²) < 4.78 is 9.51. The van der Waals surface area contributed by atoms with Gasteiger partial charge in [-0.05, 0) is 38.1 Å². The van der Waals surface area contributed by atoms with Gasteiger partial charge in [0.15, 0.2) is 0 Å². The predicted octanol–water partition coefficient (Wildman–Crippen LogP) is 4.03. The molecule has 0 N–H and O–H groups in total. The predicted molar refractivity (Wildman–Crippen MR) is 102 cm³/mol. The largest absolute Gasteiger partial charge is 0.513 e. The van der Waals surface area contributed by atoms with E-state index >= 15 is 0 Å². The van der Waals surface area contributed by atoms with E-state index in [9.17, 15) is 14.4 Å². The number of hydrogen-bond donors (Lipinski definition) is 0. The summed E-state index contributed by atoms with van der Waals surface area (Å²) in [6.45, 7) is 6.27. The first kappa shape index (κ1) is 22.9. The van der Waals surface area contributed by atoms with Crippen molar-refractivity contribution in [2.75, 3.05) is 0 Å². The Morgan fingerprint density at radius 3 is 1.47 bits per heavy atom. The second kappa shape index (κ2) is 10.9. The minimum absolute atomic E-state index is 0.280. The van der Waals surface area contributed by atoms with E-state index < -0.39 is 30.7 Å². The lowest BCUT2D eigenvalue weighted by atomic mass is 10.1. The van der Waals surface area contributed by atoms with Crippen molar-refractivity contribution in [2.24, 2.45) is 0 Å². The van der Waals surface area contributed by atoms with Gasteiger partial charge in [-0.1, -0.05) is 35.4 Å². The second-order valence-corrected chi connectivity index (χ2v) is 6.29. The minimum Gasteiger partial charge on any atom is -0.401 e. The average molecular weight is 418 g/mol. The van der Waals surface area contributed by atoms with Gasteiger partial charge < -0.3 is 9.47 Å². The van der Waals surface area contributed by atoms with Gasteiger partial charge in [-0.15, -0.1) is 9.78 Å². The maximum Gasteiger partial charge on any atom is 0.513 e. The van der Waals surface area contributed by atoms with E-state index in [2.05, 4.69) is 9.78 Å². The van der Waals surface area contributed by atoms with E-state index in [4.69, 9.17) is 19.2 Å². The maximum atomic E-state index is 11.9. The van der Waals surface area contributed by atoms with E-state index in [1.165, 1.54) is 13.8 Å². The maximum absolute atomic E-state index is 11.9. The molecule has 0 heterocycles. The third kappa shape index (κ3) is 7.53. The molecule has 0 aliphatic rings. The second-order valence-electron chi connectivity index (χ2n) is 6.29. The summed E-state index contributed by atoms with van der Waals surface area (Å²) in [4.78, 5) is 54.1. The van der Waals surface area contributed by atoms with Crippen LogP contribution in [-0.4, -0.2) is 30.7 Å². The van der Waals surface area contributed by atoms with Gasteiger partial charge in [0, 0.05) is 13.8 Å². The third-order valence-electron chi connectivity index (χ3n) is 3.55. The number of carbonyl (C=O) groups excluding carboxylic acids is 3. The van der Waals surface area contributed by atoms with Gasteiger partial charge in [-0.2, -0.15) is 0 Å². The molecule has 0 aromatic heterocycles. The Morgan fingerprint density at radius 1 is 0.700 bits per heavy atom. The Kier molecular flexibility index (Phi) is 8.33. The Morgan fingerprint density at radius 2 is 1.10 bits per heavy atom. The molecule has 160 valence electrons. The van der Waals surface area contributed by atoms with E-state index in [-0.39, 0.29) is 11.1 Å². The van der Waals surface area contributed by atoms with Gasteiger partial charge in [0.1, 0.15) is 0 Å². The Bertz CT molecular complexity index is 822. The molecule has 0 saturated carbocycles. The van der Waals surface area contributed by atoms with E-state index in [0.29, 0.717) is 0 Å². The molecule has 2 unspecified atom stereocenters. The summed E-state index contributed by atoms with van der Waals surface area (Å²) in [5, 5.41) is 0. The smallest absolute Gasteiger partial charge is 0.401 e. The lowest BCUT2D eigenvalue weighted by Gasteiger charge is -2.15. The molecule has 0 fully saturated rings. The number of carbonyl (C=O) groups is 3. The molecule has 30 heavy (non-hydrogen) atoms. The van der Waals surface area contributed by atoms with Crippen molar-refractivity contribution in [3.05, 3.63) is 70.8 Å². The molecule has 2 rings (SSSR count).